The first-order valence-corrected chi connectivity index (χ1v) is 6.46. The van der Waals surface area contributed by atoms with Gasteiger partial charge < -0.3 is 10.4 Å². The highest BCUT2D eigenvalue weighted by Gasteiger charge is 2.06. The molecule has 3 nitrogen and oxygen atoms in total. The van der Waals surface area contributed by atoms with Crippen LogP contribution in [0.15, 0.2) is 48.5 Å². The third kappa shape index (κ3) is 3.90. The van der Waals surface area contributed by atoms with Gasteiger partial charge in [0.2, 0.25) is 0 Å². The Balaban J connectivity index is 2.05. The van der Waals surface area contributed by atoms with Gasteiger partial charge in [0.25, 0.3) is 5.91 Å². The molecule has 0 bridgehead atoms. The van der Waals surface area contributed by atoms with Crippen LogP contribution in [0.5, 0.6) is 0 Å². The Morgan fingerprint density at radius 3 is 2.60 bits per heavy atom. The molecule has 0 atom stereocenters. The van der Waals surface area contributed by atoms with Gasteiger partial charge in [-0.25, -0.2) is 4.39 Å². The molecule has 2 aromatic carbocycles. The third-order valence-corrected chi connectivity index (χ3v) is 2.91. The molecule has 0 fully saturated rings. The summed E-state index contributed by atoms with van der Waals surface area (Å²) in [5.74, 6) is -0.642. The van der Waals surface area contributed by atoms with Gasteiger partial charge in [-0.3, -0.25) is 4.79 Å². The van der Waals surface area contributed by atoms with Crippen LogP contribution in [0, 0.1) is 5.82 Å². The fourth-order valence-electron chi connectivity index (χ4n) is 1.89. The van der Waals surface area contributed by atoms with Crippen LogP contribution in [0.2, 0.25) is 0 Å². The van der Waals surface area contributed by atoms with Crippen molar-refractivity contribution in [1.82, 2.24) is 0 Å². The van der Waals surface area contributed by atoms with Crippen molar-refractivity contribution < 1.29 is 14.3 Å². The molecule has 0 spiro atoms. The monoisotopic (exact) mass is 273 g/mol. The number of aliphatic hydroxyl groups excluding tert-OH is 1. The first-order chi connectivity index (χ1) is 9.69. The summed E-state index contributed by atoms with van der Waals surface area (Å²) in [5, 5.41) is 11.6. The lowest BCUT2D eigenvalue weighted by atomic mass is 10.1. The van der Waals surface area contributed by atoms with Crippen LogP contribution in [-0.4, -0.2) is 17.6 Å². The SMILES string of the molecule is O=C(Nc1cccc(CCCO)c1)c1ccc(F)cc1. The first-order valence-electron chi connectivity index (χ1n) is 6.46. The van der Waals surface area contributed by atoms with Gasteiger partial charge in [-0.1, -0.05) is 12.1 Å². The first kappa shape index (κ1) is 14.2. The summed E-state index contributed by atoms with van der Waals surface area (Å²) in [6, 6.07) is 12.9. The summed E-state index contributed by atoms with van der Waals surface area (Å²) in [5.41, 5.74) is 2.15. The lowest BCUT2D eigenvalue weighted by Crippen LogP contribution is -2.11. The fraction of sp³-hybridized carbons (Fsp3) is 0.188. The summed E-state index contributed by atoms with van der Waals surface area (Å²) in [6.07, 6.45) is 1.45. The molecule has 2 aromatic rings. The van der Waals surface area contributed by atoms with Crippen LogP contribution in [0.25, 0.3) is 0 Å². The number of aryl methyl sites for hydroxylation is 1. The Bertz CT molecular complexity index is 581. The second kappa shape index (κ2) is 6.82. The number of nitrogens with one attached hydrogen (secondary N) is 1. The van der Waals surface area contributed by atoms with Crippen LogP contribution < -0.4 is 5.32 Å². The van der Waals surface area contributed by atoms with Crippen LogP contribution in [-0.2, 0) is 6.42 Å². The maximum atomic E-state index is 12.8. The van der Waals surface area contributed by atoms with Crippen molar-refractivity contribution in [2.45, 2.75) is 12.8 Å². The van der Waals surface area contributed by atoms with Crippen LogP contribution in [0.4, 0.5) is 10.1 Å². The smallest absolute Gasteiger partial charge is 0.255 e. The quantitative estimate of drug-likeness (QED) is 0.879. The standard InChI is InChI=1S/C16H16FNO2/c17-14-8-6-13(7-9-14)16(20)18-15-5-1-3-12(11-15)4-2-10-19/h1,3,5-9,11,19H,2,4,10H2,(H,18,20). The molecule has 0 saturated carbocycles. The van der Waals surface area contributed by atoms with Gasteiger partial charge in [0.15, 0.2) is 0 Å². The maximum Gasteiger partial charge on any atom is 0.255 e. The molecule has 0 aliphatic carbocycles. The maximum absolute atomic E-state index is 12.8. The lowest BCUT2D eigenvalue weighted by molar-refractivity contribution is 0.102. The summed E-state index contributed by atoms with van der Waals surface area (Å²) >= 11 is 0. The topological polar surface area (TPSA) is 49.3 Å². The molecule has 0 aromatic heterocycles. The van der Waals surface area contributed by atoms with E-state index in [0.717, 1.165) is 12.0 Å². The molecule has 2 N–H and O–H groups in total. The highest BCUT2D eigenvalue weighted by atomic mass is 19.1. The fourth-order valence-corrected chi connectivity index (χ4v) is 1.89. The van der Waals surface area contributed by atoms with Crippen molar-refractivity contribution >= 4 is 11.6 Å². The van der Waals surface area contributed by atoms with E-state index in [1.54, 1.807) is 6.07 Å². The van der Waals surface area contributed by atoms with Crippen molar-refractivity contribution in [1.29, 1.82) is 0 Å². The van der Waals surface area contributed by atoms with Gasteiger partial charge >= 0.3 is 0 Å². The van der Waals surface area contributed by atoms with Gasteiger partial charge in [0.05, 0.1) is 0 Å². The predicted molar refractivity (Wildman–Crippen MR) is 76.2 cm³/mol. The van der Waals surface area contributed by atoms with E-state index < -0.39 is 0 Å². The summed E-state index contributed by atoms with van der Waals surface area (Å²) in [7, 11) is 0. The molecule has 4 heteroatoms. The molecule has 0 aliphatic rings. The minimum Gasteiger partial charge on any atom is -0.396 e. The minimum absolute atomic E-state index is 0.145. The minimum atomic E-state index is -0.368. The molecular formula is C16H16FNO2. The number of hydrogen-bond acceptors (Lipinski definition) is 2. The summed E-state index contributed by atoms with van der Waals surface area (Å²) in [4.78, 5) is 12.0. The highest BCUT2D eigenvalue weighted by molar-refractivity contribution is 6.04. The molecule has 0 unspecified atom stereocenters. The van der Waals surface area contributed by atoms with E-state index in [1.165, 1.54) is 24.3 Å². The number of hydrogen-bond donors (Lipinski definition) is 2. The number of rotatable bonds is 5. The molecule has 0 radical (unpaired) electrons. The highest BCUT2D eigenvalue weighted by Crippen LogP contribution is 2.14. The molecule has 0 aliphatic heterocycles. The molecule has 104 valence electrons. The zero-order valence-electron chi connectivity index (χ0n) is 11.0. The number of amides is 1. The van der Waals surface area contributed by atoms with E-state index in [0.29, 0.717) is 17.7 Å². The number of carbonyl (C=O) groups is 1. The molecular weight excluding hydrogens is 257 g/mol. The largest absolute Gasteiger partial charge is 0.396 e. The molecule has 1 amide bonds. The molecule has 20 heavy (non-hydrogen) atoms. The number of aliphatic hydroxyl groups is 1. The normalized spacial score (nSPS) is 10.3. The van der Waals surface area contributed by atoms with E-state index in [1.807, 2.05) is 18.2 Å². The van der Waals surface area contributed by atoms with Crippen LogP contribution in [0.1, 0.15) is 22.3 Å². The number of carbonyl (C=O) groups excluding carboxylic acids is 1. The van der Waals surface area contributed by atoms with Gasteiger partial charge in [-0.05, 0) is 54.8 Å². The van der Waals surface area contributed by atoms with Crippen molar-refractivity contribution in [3.8, 4) is 0 Å². The van der Waals surface area contributed by atoms with Gasteiger partial charge in [0, 0.05) is 17.9 Å². The van der Waals surface area contributed by atoms with Crippen molar-refractivity contribution in [3.63, 3.8) is 0 Å². The second-order valence-corrected chi connectivity index (χ2v) is 4.49. The second-order valence-electron chi connectivity index (χ2n) is 4.49. The van der Waals surface area contributed by atoms with E-state index in [2.05, 4.69) is 5.32 Å². The third-order valence-electron chi connectivity index (χ3n) is 2.91. The average molecular weight is 273 g/mol. The Kier molecular flexibility index (Phi) is 4.85. The van der Waals surface area contributed by atoms with Crippen LogP contribution >= 0.6 is 0 Å². The van der Waals surface area contributed by atoms with Crippen molar-refractivity contribution in [3.05, 3.63) is 65.5 Å². The van der Waals surface area contributed by atoms with E-state index in [4.69, 9.17) is 5.11 Å². The Labute approximate surface area is 117 Å². The zero-order valence-corrected chi connectivity index (χ0v) is 11.0. The predicted octanol–water partition coefficient (Wildman–Crippen LogP) is 3.00. The average Bonchev–Trinajstić information content (AvgIpc) is 2.46. The van der Waals surface area contributed by atoms with E-state index >= 15 is 0 Å². The van der Waals surface area contributed by atoms with E-state index in [-0.39, 0.29) is 18.3 Å². The molecule has 0 heterocycles. The number of benzene rings is 2. The Morgan fingerprint density at radius 1 is 1.15 bits per heavy atom. The summed E-state index contributed by atoms with van der Waals surface area (Å²) < 4.78 is 12.8. The summed E-state index contributed by atoms with van der Waals surface area (Å²) in [6.45, 7) is 0.145. The Morgan fingerprint density at radius 2 is 1.90 bits per heavy atom. The van der Waals surface area contributed by atoms with E-state index in [9.17, 15) is 9.18 Å². The van der Waals surface area contributed by atoms with Crippen molar-refractivity contribution in [2.24, 2.45) is 0 Å². The number of anilines is 1. The molecule has 0 saturated heterocycles. The van der Waals surface area contributed by atoms with Crippen molar-refractivity contribution in [2.75, 3.05) is 11.9 Å². The zero-order chi connectivity index (χ0) is 14.4. The van der Waals surface area contributed by atoms with Crippen LogP contribution in [0.3, 0.4) is 0 Å². The van der Waals surface area contributed by atoms with Gasteiger partial charge in [0.1, 0.15) is 5.82 Å². The lowest BCUT2D eigenvalue weighted by Gasteiger charge is -2.07. The Hall–Kier alpha value is -2.20. The molecule has 2 rings (SSSR count). The number of halogens is 1. The van der Waals surface area contributed by atoms with Gasteiger partial charge in [-0.2, -0.15) is 0 Å². The van der Waals surface area contributed by atoms with Gasteiger partial charge in [-0.15, -0.1) is 0 Å².